The van der Waals surface area contributed by atoms with Crippen molar-refractivity contribution in [1.82, 2.24) is 15.2 Å². The first kappa shape index (κ1) is 24.8. The second-order valence-corrected chi connectivity index (χ2v) is 9.20. The van der Waals surface area contributed by atoms with E-state index in [1.54, 1.807) is 18.4 Å². The minimum absolute atomic E-state index is 0.296. The van der Waals surface area contributed by atoms with Crippen molar-refractivity contribution in [2.75, 3.05) is 33.4 Å². The van der Waals surface area contributed by atoms with Crippen LogP contribution < -0.4 is 5.32 Å². The summed E-state index contributed by atoms with van der Waals surface area (Å²) in [6.07, 6.45) is 1.34. The zero-order chi connectivity index (χ0) is 23.8. The van der Waals surface area contributed by atoms with Gasteiger partial charge < -0.3 is 25.2 Å². The summed E-state index contributed by atoms with van der Waals surface area (Å²) < 4.78 is 5.25. The van der Waals surface area contributed by atoms with Gasteiger partial charge >= 0.3 is 11.9 Å². The van der Waals surface area contributed by atoms with E-state index in [9.17, 15) is 9.59 Å². The summed E-state index contributed by atoms with van der Waals surface area (Å²) in [5, 5.41) is 20.5. The molecule has 0 aliphatic carbocycles. The topological polar surface area (TPSA) is 124 Å². The smallest absolute Gasteiger partial charge is 0.303 e. The van der Waals surface area contributed by atoms with Crippen molar-refractivity contribution in [3.63, 3.8) is 0 Å². The zero-order valence-electron chi connectivity index (χ0n) is 18.9. The van der Waals surface area contributed by atoms with Crippen molar-refractivity contribution >= 4 is 34.8 Å². The van der Waals surface area contributed by atoms with Crippen molar-refractivity contribution in [3.8, 4) is 0 Å². The molecule has 33 heavy (non-hydrogen) atoms. The van der Waals surface area contributed by atoms with Gasteiger partial charge in [-0.15, -0.1) is 11.3 Å². The van der Waals surface area contributed by atoms with Crippen LogP contribution in [-0.2, 0) is 20.7 Å². The number of piperazine rings is 1. The number of carboxylic acid groups (broad SMARTS) is 2. The number of aryl methyl sites for hydroxylation is 1. The predicted molar refractivity (Wildman–Crippen MR) is 127 cm³/mol. The number of nitrogens with one attached hydrogen (secondary N) is 1. The van der Waals surface area contributed by atoms with Gasteiger partial charge in [-0.25, -0.2) is 9.98 Å². The van der Waals surface area contributed by atoms with Crippen molar-refractivity contribution in [1.29, 1.82) is 0 Å². The average Bonchev–Trinajstić information content (AvgIpc) is 3.08. The van der Waals surface area contributed by atoms with Crippen molar-refractivity contribution in [3.05, 3.63) is 45.4 Å². The van der Waals surface area contributed by atoms with E-state index >= 15 is 0 Å². The Balaban J connectivity index is 0.000000331. The Labute approximate surface area is 197 Å². The number of methoxy groups -OCH3 is 1. The maximum Gasteiger partial charge on any atom is 0.303 e. The Bertz CT molecular complexity index is 992. The van der Waals surface area contributed by atoms with Crippen LogP contribution in [0, 0.1) is 6.92 Å². The molecule has 2 aliphatic rings. The number of carbonyl (C=O) groups is 2. The summed E-state index contributed by atoms with van der Waals surface area (Å²) in [6.45, 7) is 5.73. The number of hydrogen-bond acceptors (Lipinski definition) is 8. The third kappa shape index (κ3) is 7.08. The molecule has 0 saturated carbocycles. The van der Waals surface area contributed by atoms with Crippen LogP contribution >= 0.6 is 11.3 Å². The number of aliphatic imine (C=N–C) groups is 1. The van der Waals surface area contributed by atoms with Gasteiger partial charge in [-0.05, 0) is 25.0 Å². The number of nitrogens with zero attached hydrogens (tertiary/aromatic N) is 3. The maximum atomic E-state index is 9.64. The lowest BCUT2D eigenvalue weighted by Gasteiger charge is -2.35. The third-order valence-electron chi connectivity index (χ3n) is 5.36. The van der Waals surface area contributed by atoms with Gasteiger partial charge in [0.15, 0.2) is 5.84 Å². The molecule has 0 amide bonds. The first-order chi connectivity index (χ1) is 15.9. The highest BCUT2D eigenvalue weighted by molar-refractivity contribution is 7.11. The predicted octanol–water partition coefficient (Wildman–Crippen LogP) is 2.68. The second-order valence-electron chi connectivity index (χ2n) is 7.91. The maximum absolute atomic E-state index is 9.64. The van der Waals surface area contributed by atoms with Gasteiger partial charge in [-0.1, -0.05) is 18.2 Å². The molecule has 0 spiro atoms. The number of ether oxygens (including phenoxy) is 1. The molecule has 9 nitrogen and oxygen atoms in total. The summed E-state index contributed by atoms with van der Waals surface area (Å²) in [5.74, 6) is -1.12. The molecule has 1 aromatic heterocycles. The summed E-state index contributed by atoms with van der Waals surface area (Å²) >= 11 is 1.80. The molecule has 1 atom stereocenters. The van der Waals surface area contributed by atoms with Crippen LogP contribution in [0.25, 0.3) is 0 Å². The molecule has 0 bridgehead atoms. The van der Waals surface area contributed by atoms with Gasteiger partial charge in [0.05, 0.1) is 23.5 Å². The van der Waals surface area contributed by atoms with Crippen molar-refractivity contribution in [2.24, 2.45) is 4.99 Å². The first-order valence-corrected chi connectivity index (χ1v) is 11.7. The molecule has 2 aliphatic heterocycles. The van der Waals surface area contributed by atoms with E-state index < -0.39 is 11.9 Å². The van der Waals surface area contributed by atoms with E-state index in [4.69, 9.17) is 24.9 Å². The van der Waals surface area contributed by atoms with Gasteiger partial charge in [0.1, 0.15) is 5.69 Å². The van der Waals surface area contributed by atoms with Gasteiger partial charge in [0.2, 0.25) is 0 Å². The molecule has 3 N–H and O–H groups in total. The highest BCUT2D eigenvalue weighted by Gasteiger charge is 2.28. The number of amidine groups is 1. The van der Waals surface area contributed by atoms with E-state index in [0.717, 1.165) is 61.3 Å². The number of fused-ring (bicyclic) bond motifs is 2. The molecule has 178 valence electrons. The molecule has 1 fully saturated rings. The number of para-hydroxylation sites is 1. The number of carboxylic acids is 2. The third-order valence-corrected chi connectivity index (χ3v) is 6.33. The van der Waals surface area contributed by atoms with E-state index in [2.05, 4.69) is 41.4 Å². The second kappa shape index (κ2) is 11.9. The van der Waals surface area contributed by atoms with Crippen LogP contribution in [0.4, 0.5) is 5.69 Å². The molecule has 2 aromatic rings. The van der Waals surface area contributed by atoms with E-state index in [0.29, 0.717) is 6.04 Å². The van der Waals surface area contributed by atoms with Crippen LogP contribution in [0.2, 0.25) is 0 Å². The molecule has 3 heterocycles. The molecule has 0 radical (unpaired) electrons. The van der Waals surface area contributed by atoms with Crippen LogP contribution in [0.15, 0.2) is 29.3 Å². The summed E-state index contributed by atoms with van der Waals surface area (Å²) in [7, 11) is 1.76. The molecular weight excluding hydrogens is 444 g/mol. The van der Waals surface area contributed by atoms with Crippen molar-refractivity contribution in [2.45, 2.75) is 38.6 Å². The molecule has 10 heteroatoms. The Morgan fingerprint density at radius 2 is 1.97 bits per heavy atom. The van der Waals surface area contributed by atoms with Crippen LogP contribution in [-0.4, -0.2) is 77.3 Å². The normalized spacial score (nSPS) is 17.1. The van der Waals surface area contributed by atoms with E-state index in [1.165, 1.54) is 10.4 Å². The van der Waals surface area contributed by atoms with Gasteiger partial charge in [-0.2, -0.15) is 0 Å². The van der Waals surface area contributed by atoms with E-state index in [1.807, 2.05) is 0 Å². The lowest BCUT2D eigenvalue weighted by atomic mass is 10.1. The standard InChI is InChI=1S/C19H24N4OS.C4H6O4/c1-13-21-18-17(25-13)11-14-5-3-4-6-16(14)22-19(18)23-9-8-20-15(12-23)7-10-24-2;5-3(6)1-2-4(7)8/h3-6,15,20H,7-12H2,1-2H3;1-2H2,(H,5,6)(H,7,8)/t15-;/m0./s1. The lowest BCUT2D eigenvalue weighted by molar-refractivity contribution is -0.143. The van der Waals surface area contributed by atoms with Crippen LogP contribution in [0.5, 0.6) is 0 Å². The van der Waals surface area contributed by atoms with Gasteiger partial charge in [0.25, 0.3) is 0 Å². The number of benzene rings is 1. The number of aromatic nitrogens is 1. The quantitative estimate of drug-likeness (QED) is 0.584. The van der Waals surface area contributed by atoms with Gasteiger partial charge in [-0.3, -0.25) is 9.59 Å². The van der Waals surface area contributed by atoms with Crippen molar-refractivity contribution < 1.29 is 24.5 Å². The monoisotopic (exact) mass is 474 g/mol. The highest BCUT2D eigenvalue weighted by atomic mass is 32.1. The zero-order valence-corrected chi connectivity index (χ0v) is 19.7. The van der Waals surface area contributed by atoms with Crippen LogP contribution in [0.3, 0.4) is 0 Å². The SMILES string of the molecule is COCC[C@H]1CN(C2=Nc3ccccc3Cc3sc(C)nc32)CCN1.O=C(O)CCC(=O)O. The number of aliphatic carboxylic acids is 2. The molecule has 1 aromatic carbocycles. The minimum Gasteiger partial charge on any atom is -0.481 e. The van der Waals surface area contributed by atoms with E-state index in [-0.39, 0.29) is 12.8 Å². The molecular formula is C23H30N4O5S. The largest absolute Gasteiger partial charge is 0.481 e. The fourth-order valence-electron chi connectivity index (χ4n) is 3.78. The summed E-state index contributed by atoms with van der Waals surface area (Å²) in [4.78, 5) is 32.9. The lowest BCUT2D eigenvalue weighted by Crippen LogP contribution is -2.53. The number of hydrogen-bond donors (Lipinski definition) is 3. The van der Waals surface area contributed by atoms with Gasteiger partial charge in [0, 0.05) is 50.7 Å². The summed E-state index contributed by atoms with van der Waals surface area (Å²) in [5.41, 5.74) is 3.44. The average molecular weight is 475 g/mol. The fraction of sp³-hybridized carbons (Fsp3) is 0.478. The Morgan fingerprint density at radius 1 is 1.24 bits per heavy atom. The summed E-state index contributed by atoms with van der Waals surface area (Å²) in [6, 6.07) is 8.89. The minimum atomic E-state index is -1.08. The fourth-order valence-corrected chi connectivity index (χ4v) is 4.73. The highest BCUT2D eigenvalue weighted by Crippen LogP contribution is 2.32. The Morgan fingerprint density at radius 3 is 2.67 bits per heavy atom. The Kier molecular flexibility index (Phi) is 8.93. The molecule has 0 unspecified atom stereocenters. The molecule has 4 rings (SSSR count). The first-order valence-electron chi connectivity index (χ1n) is 10.9. The number of rotatable bonds is 6. The Hall–Kier alpha value is -2.82. The molecule has 1 saturated heterocycles. The van der Waals surface area contributed by atoms with Crippen LogP contribution in [0.1, 0.15) is 40.4 Å². The number of thiazole rings is 1.